The van der Waals surface area contributed by atoms with Crippen LogP contribution in [0.5, 0.6) is 0 Å². The second-order valence-corrected chi connectivity index (χ2v) is 2.85. The van der Waals surface area contributed by atoms with Gasteiger partial charge in [-0.3, -0.25) is 0 Å². The standard InChI is InChI=1S/C12H14/c1-3-8-11(4-2)12-9-6-5-7-10-12/h2,4-7,9-11H,1,3,8H2. The minimum absolute atomic E-state index is 0.365. The molecule has 0 amide bonds. The summed E-state index contributed by atoms with van der Waals surface area (Å²) < 4.78 is 0. The first-order chi connectivity index (χ1) is 5.88. The van der Waals surface area contributed by atoms with Gasteiger partial charge in [-0.1, -0.05) is 56.3 Å². The topological polar surface area (TPSA) is 0 Å². The molecule has 62 valence electrons. The third-order valence-corrected chi connectivity index (χ3v) is 1.98. The number of rotatable bonds is 4. The van der Waals surface area contributed by atoms with Gasteiger partial charge in [-0.25, -0.2) is 0 Å². The van der Waals surface area contributed by atoms with E-state index < -0.39 is 0 Å². The molecular formula is C12H14. The molecule has 0 saturated carbocycles. The molecular weight excluding hydrogens is 144 g/mol. The molecule has 0 fully saturated rings. The van der Waals surface area contributed by atoms with E-state index in [-0.39, 0.29) is 0 Å². The average Bonchev–Trinajstić information content (AvgIpc) is 2.15. The highest BCUT2D eigenvalue weighted by Gasteiger charge is 2.03. The van der Waals surface area contributed by atoms with Gasteiger partial charge >= 0.3 is 0 Å². The molecule has 12 heavy (non-hydrogen) atoms. The lowest BCUT2D eigenvalue weighted by molar-refractivity contribution is 0.749. The zero-order chi connectivity index (χ0) is 8.81. The van der Waals surface area contributed by atoms with Gasteiger partial charge in [0, 0.05) is 5.92 Å². The smallest absolute Gasteiger partial charge is 0.00210 e. The average molecular weight is 158 g/mol. The van der Waals surface area contributed by atoms with Crippen LogP contribution in [-0.4, -0.2) is 0 Å². The van der Waals surface area contributed by atoms with Gasteiger partial charge in [0.25, 0.3) is 0 Å². The Morgan fingerprint density at radius 3 is 2.50 bits per heavy atom. The second kappa shape index (κ2) is 4.76. The van der Waals surface area contributed by atoms with Gasteiger partial charge in [0.05, 0.1) is 0 Å². The van der Waals surface area contributed by atoms with Crippen molar-refractivity contribution in [3.63, 3.8) is 0 Å². The fourth-order valence-electron chi connectivity index (χ4n) is 1.29. The summed E-state index contributed by atoms with van der Waals surface area (Å²) in [6, 6.07) is 10.3. The normalized spacial score (nSPS) is 12.4. The first-order valence-corrected chi connectivity index (χ1v) is 4.27. The molecule has 0 aliphatic rings. The molecule has 1 aromatic carbocycles. The van der Waals surface area contributed by atoms with Crippen molar-refractivity contribution in [3.8, 4) is 0 Å². The van der Waals surface area contributed by atoms with E-state index in [1.165, 1.54) is 5.56 Å². The molecule has 0 heteroatoms. The molecule has 0 N–H and O–H groups in total. The molecule has 1 unspecified atom stereocenters. The van der Waals surface area contributed by atoms with Gasteiger partial charge in [0.15, 0.2) is 0 Å². The first-order valence-electron chi connectivity index (χ1n) is 4.27. The number of hydrogen-bond acceptors (Lipinski definition) is 0. The molecule has 1 aromatic rings. The van der Waals surface area contributed by atoms with Crippen LogP contribution in [0.3, 0.4) is 0 Å². The molecule has 0 bridgehead atoms. The molecule has 0 saturated heterocycles. The summed E-state index contributed by atoms with van der Waals surface area (Å²) >= 11 is 0. The lowest BCUT2D eigenvalue weighted by atomic mass is 9.95. The summed E-state index contributed by atoms with van der Waals surface area (Å²) in [7, 11) is 0. The number of allylic oxidation sites excluding steroid dienone is 1. The maximum atomic E-state index is 5.54. The van der Waals surface area contributed by atoms with Crippen molar-refractivity contribution in [1.29, 1.82) is 0 Å². The summed E-state index contributed by atoms with van der Waals surface area (Å²) in [5.41, 5.74) is 1.28. The van der Waals surface area contributed by atoms with Crippen molar-refractivity contribution in [2.24, 2.45) is 0 Å². The van der Waals surface area contributed by atoms with Crippen molar-refractivity contribution in [2.45, 2.75) is 18.8 Å². The van der Waals surface area contributed by atoms with Gasteiger partial charge in [-0.05, 0) is 12.0 Å². The largest absolute Gasteiger partial charge is 0.0770 e. The van der Waals surface area contributed by atoms with Crippen LogP contribution in [0.1, 0.15) is 24.3 Å². The van der Waals surface area contributed by atoms with Crippen LogP contribution in [0.15, 0.2) is 36.4 Å². The third kappa shape index (κ3) is 2.23. The first kappa shape index (κ1) is 9.05. The van der Waals surface area contributed by atoms with Crippen LogP contribution >= 0.6 is 0 Å². The highest BCUT2D eigenvalue weighted by Crippen LogP contribution is 2.21. The van der Waals surface area contributed by atoms with Crippen LogP contribution < -0.4 is 0 Å². The van der Waals surface area contributed by atoms with E-state index in [0.29, 0.717) is 5.92 Å². The molecule has 0 spiro atoms. The van der Waals surface area contributed by atoms with Crippen LogP contribution in [0.25, 0.3) is 0 Å². The maximum Gasteiger partial charge on any atom is 0.00210 e. The number of hydrogen-bond donors (Lipinski definition) is 0. The van der Waals surface area contributed by atoms with Crippen LogP contribution in [0.4, 0.5) is 0 Å². The predicted molar refractivity (Wildman–Crippen MR) is 52.6 cm³/mol. The van der Waals surface area contributed by atoms with Crippen LogP contribution in [0.2, 0.25) is 0 Å². The lowest BCUT2D eigenvalue weighted by Crippen LogP contribution is -1.93. The minimum Gasteiger partial charge on any atom is -0.0770 e. The zero-order valence-electron chi connectivity index (χ0n) is 7.24. The Balaban J connectivity index is 2.73. The van der Waals surface area contributed by atoms with Crippen molar-refractivity contribution in [3.05, 3.63) is 55.5 Å². The van der Waals surface area contributed by atoms with E-state index in [1.54, 1.807) is 6.08 Å². The maximum absolute atomic E-state index is 5.54. The SMILES string of the molecule is [CH]=CC(CC[CH2])c1ccccc1. The van der Waals surface area contributed by atoms with Crippen molar-refractivity contribution >= 4 is 0 Å². The van der Waals surface area contributed by atoms with Gasteiger partial charge in [-0.15, -0.1) is 0 Å². The van der Waals surface area contributed by atoms with Crippen molar-refractivity contribution in [2.75, 3.05) is 0 Å². The number of benzene rings is 1. The molecule has 0 aliphatic heterocycles. The third-order valence-electron chi connectivity index (χ3n) is 1.98. The Labute approximate surface area is 74.9 Å². The molecule has 0 heterocycles. The quantitative estimate of drug-likeness (QED) is 0.630. The molecule has 2 radical (unpaired) electrons. The summed E-state index contributed by atoms with van der Waals surface area (Å²) in [6.07, 6.45) is 3.70. The lowest BCUT2D eigenvalue weighted by Gasteiger charge is -2.10. The fraction of sp³-hybridized carbons (Fsp3) is 0.250. The molecule has 0 aromatic heterocycles. The van der Waals surface area contributed by atoms with Crippen LogP contribution in [0, 0.1) is 13.5 Å². The van der Waals surface area contributed by atoms with Crippen molar-refractivity contribution < 1.29 is 0 Å². The Kier molecular flexibility index (Phi) is 3.59. The van der Waals surface area contributed by atoms with Gasteiger partial charge < -0.3 is 0 Å². The monoisotopic (exact) mass is 158 g/mol. The molecule has 0 nitrogen and oxygen atoms in total. The Morgan fingerprint density at radius 1 is 1.33 bits per heavy atom. The Morgan fingerprint density at radius 2 is 2.00 bits per heavy atom. The van der Waals surface area contributed by atoms with E-state index in [4.69, 9.17) is 6.58 Å². The van der Waals surface area contributed by atoms with E-state index >= 15 is 0 Å². The van der Waals surface area contributed by atoms with Crippen LogP contribution in [-0.2, 0) is 0 Å². The van der Waals surface area contributed by atoms with Gasteiger partial charge in [-0.2, -0.15) is 0 Å². The predicted octanol–water partition coefficient (Wildman–Crippen LogP) is 3.37. The van der Waals surface area contributed by atoms with Crippen molar-refractivity contribution in [1.82, 2.24) is 0 Å². The summed E-state index contributed by atoms with van der Waals surface area (Å²) in [6.45, 7) is 9.36. The van der Waals surface area contributed by atoms with Gasteiger partial charge in [0.1, 0.15) is 0 Å². The fourth-order valence-corrected chi connectivity index (χ4v) is 1.29. The van der Waals surface area contributed by atoms with E-state index in [9.17, 15) is 0 Å². The van der Waals surface area contributed by atoms with E-state index in [2.05, 4.69) is 19.1 Å². The zero-order valence-corrected chi connectivity index (χ0v) is 7.24. The van der Waals surface area contributed by atoms with Gasteiger partial charge in [0.2, 0.25) is 0 Å². The minimum atomic E-state index is 0.365. The highest BCUT2D eigenvalue weighted by molar-refractivity contribution is 5.22. The Bertz CT molecular complexity index is 223. The second-order valence-electron chi connectivity index (χ2n) is 2.85. The summed E-state index contributed by atoms with van der Waals surface area (Å²) in [5.74, 6) is 0.365. The highest BCUT2D eigenvalue weighted by atomic mass is 14.1. The summed E-state index contributed by atoms with van der Waals surface area (Å²) in [5, 5.41) is 0. The summed E-state index contributed by atoms with van der Waals surface area (Å²) in [4.78, 5) is 0. The van der Waals surface area contributed by atoms with E-state index in [1.807, 2.05) is 18.2 Å². The molecule has 1 atom stereocenters. The molecule has 1 rings (SSSR count). The Hall–Kier alpha value is -1.04. The van der Waals surface area contributed by atoms with E-state index in [0.717, 1.165) is 12.8 Å². The molecule has 0 aliphatic carbocycles.